The fourth-order valence-electron chi connectivity index (χ4n) is 0.935. The number of hydrogen-bond donors (Lipinski definition) is 2. The van der Waals surface area contributed by atoms with Gasteiger partial charge in [0.1, 0.15) is 0 Å². The van der Waals surface area contributed by atoms with Gasteiger partial charge in [0.15, 0.2) is 6.61 Å². The molecule has 0 aromatic heterocycles. The maximum absolute atomic E-state index is 11.3. The summed E-state index contributed by atoms with van der Waals surface area (Å²) in [5.41, 5.74) is 0.109. The normalized spacial score (nSPS) is 13.4. The third kappa shape index (κ3) is 8.33. The van der Waals surface area contributed by atoms with Gasteiger partial charge < -0.3 is 29.2 Å². The molecule has 0 fully saturated rings. The van der Waals surface area contributed by atoms with Crippen LogP contribution in [0.3, 0.4) is 0 Å². The van der Waals surface area contributed by atoms with Crippen molar-refractivity contribution in [2.45, 2.75) is 12.9 Å². The molecule has 1 unspecified atom stereocenters. The smallest absolute Gasteiger partial charge is 0.395 e. The number of ether oxygens (including phenoxy) is 4. The number of esters is 1. The molecule has 0 radical (unpaired) electrons. The Hall–Kier alpha value is -1.41. The number of aliphatic hydroxyl groups is 2. The minimum Gasteiger partial charge on any atom is -0.437 e. The Morgan fingerprint density at radius 2 is 1.95 bits per heavy atom. The van der Waals surface area contributed by atoms with Crippen molar-refractivity contribution in [2.75, 3.05) is 33.0 Å². The second-order valence-corrected chi connectivity index (χ2v) is 3.56. The van der Waals surface area contributed by atoms with Crippen molar-refractivity contribution in [1.29, 1.82) is 0 Å². The van der Waals surface area contributed by atoms with Gasteiger partial charge in [0.05, 0.1) is 32.7 Å². The fraction of sp³-hybridized carbons (Fsp3) is 0.583. The van der Waals surface area contributed by atoms with Gasteiger partial charge in [-0.15, -0.1) is 0 Å². The van der Waals surface area contributed by atoms with E-state index in [2.05, 4.69) is 17.9 Å². The lowest BCUT2D eigenvalue weighted by molar-refractivity contribution is -0.337. The molecule has 2 N–H and O–H groups in total. The first-order chi connectivity index (χ1) is 8.95. The zero-order chi connectivity index (χ0) is 14.7. The minimum atomic E-state index is -2.26. The summed E-state index contributed by atoms with van der Waals surface area (Å²) < 4.78 is 19.4. The molecule has 0 heterocycles. The molecule has 0 aromatic carbocycles. The summed E-state index contributed by atoms with van der Waals surface area (Å²) in [6, 6.07) is 0. The molecule has 0 aromatic rings. The van der Waals surface area contributed by atoms with Gasteiger partial charge >= 0.3 is 11.9 Å². The highest BCUT2D eigenvalue weighted by atomic mass is 16.8. The highest BCUT2D eigenvalue weighted by molar-refractivity contribution is 5.87. The quantitative estimate of drug-likeness (QED) is 0.179. The highest BCUT2D eigenvalue weighted by Gasteiger charge is 2.34. The average molecular weight is 276 g/mol. The average Bonchev–Trinajstić information content (AvgIpc) is 2.33. The molecule has 0 aliphatic rings. The van der Waals surface area contributed by atoms with E-state index in [4.69, 9.17) is 19.3 Å². The van der Waals surface area contributed by atoms with Gasteiger partial charge in [-0.2, -0.15) is 0 Å². The summed E-state index contributed by atoms with van der Waals surface area (Å²) in [4.78, 5) is 11.3. The highest BCUT2D eigenvalue weighted by Crippen LogP contribution is 2.13. The molecule has 110 valence electrons. The Labute approximate surface area is 112 Å². The second-order valence-electron chi connectivity index (χ2n) is 3.56. The predicted octanol–water partition coefficient (Wildman–Crippen LogP) is -0.0626. The van der Waals surface area contributed by atoms with Crippen LogP contribution < -0.4 is 0 Å². The molecule has 0 aliphatic heterocycles. The Morgan fingerprint density at radius 3 is 2.47 bits per heavy atom. The Balaban J connectivity index is 4.11. The molecule has 0 saturated heterocycles. The van der Waals surface area contributed by atoms with Crippen LogP contribution in [0, 0.1) is 0 Å². The van der Waals surface area contributed by atoms with Crippen LogP contribution in [0.5, 0.6) is 0 Å². The van der Waals surface area contributed by atoms with Crippen molar-refractivity contribution >= 4 is 5.97 Å². The summed E-state index contributed by atoms with van der Waals surface area (Å²) in [6.45, 7) is 8.12. The number of rotatable bonds is 11. The Morgan fingerprint density at radius 1 is 1.32 bits per heavy atom. The van der Waals surface area contributed by atoms with Crippen molar-refractivity contribution in [1.82, 2.24) is 0 Å². The molecule has 0 saturated carbocycles. The summed E-state index contributed by atoms with van der Waals surface area (Å²) in [7, 11) is 0. The lowest BCUT2D eigenvalue weighted by Crippen LogP contribution is -2.41. The van der Waals surface area contributed by atoms with Crippen LogP contribution in [0.4, 0.5) is 0 Å². The molecule has 0 rings (SSSR count). The molecule has 7 nitrogen and oxygen atoms in total. The van der Waals surface area contributed by atoms with E-state index in [0.29, 0.717) is 0 Å². The van der Waals surface area contributed by atoms with Gasteiger partial charge in [0.2, 0.25) is 0 Å². The van der Waals surface area contributed by atoms with Crippen LogP contribution in [-0.4, -0.2) is 55.2 Å². The lowest BCUT2D eigenvalue weighted by Gasteiger charge is -2.25. The SMILES string of the molecule is C=COC(O)(COCCOCCO)OC(=O)C(=C)C. The number of carbonyl (C=O) groups excluding carboxylic acids is 1. The predicted molar refractivity (Wildman–Crippen MR) is 65.9 cm³/mol. The summed E-state index contributed by atoms with van der Waals surface area (Å²) in [5.74, 6) is -3.07. The summed E-state index contributed by atoms with van der Waals surface area (Å²) >= 11 is 0. The first-order valence-electron chi connectivity index (χ1n) is 5.61. The number of aliphatic hydroxyl groups excluding tert-OH is 1. The van der Waals surface area contributed by atoms with Gasteiger partial charge in [-0.1, -0.05) is 13.2 Å². The van der Waals surface area contributed by atoms with Gasteiger partial charge in [0.25, 0.3) is 0 Å². The van der Waals surface area contributed by atoms with Gasteiger partial charge in [-0.05, 0) is 6.92 Å². The van der Waals surface area contributed by atoms with E-state index in [-0.39, 0.29) is 32.0 Å². The first-order valence-corrected chi connectivity index (χ1v) is 5.61. The summed E-state index contributed by atoms with van der Waals surface area (Å²) in [5, 5.41) is 18.3. The van der Waals surface area contributed by atoms with Crippen LogP contribution in [0.15, 0.2) is 25.0 Å². The molecule has 1 atom stereocenters. The third-order valence-electron chi connectivity index (χ3n) is 1.76. The van der Waals surface area contributed by atoms with E-state index in [0.717, 1.165) is 6.26 Å². The maximum Gasteiger partial charge on any atom is 0.395 e. The van der Waals surface area contributed by atoms with Crippen molar-refractivity contribution in [3.05, 3.63) is 25.0 Å². The van der Waals surface area contributed by atoms with Crippen LogP contribution in [0.1, 0.15) is 6.92 Å². The van der Waals surface area contributed by atoms with E-state index in [1.54, 1.807) is 0 Å². The van der Waals surface area contributed by atoms with Crippen molar-refractivity contribution < 1.29 is 34.0 Å². The molecular weight excluding hydrogens is 256 g/mol. The van der Waals surface area contributed by atoms with E-state index in [9.17, 15) is 9.90 Å². The lowest BCUT2D eigenvalue weighted by atomic mass is 10.4. The Kier molecular flexibility index (Phi) is 8.81. The molecule has 0 aliphatic carbocycles. The maximum atomic E-state index is 11.3. The first kappa shape index (κ1) is 17.6. The van der Waals surface area contributed by atoms with E-state index >= 15 is 0 Å². The van der Waals surface area contributed by atoms with E-state index < -0.39 is 18.5 Å². The molecule has 0 bridgehead atoms. The van der Waals surface area contributed by atoms with Crippen molar-refractivity contribution in [2.24, 2.45) is 0 Å². The van der Waals surface area contributed by atoms with Gasteiger partial charge in [-0.3, -0.25) is 0 Å². The molecule has 7 heteroatoms. The fourth-order valence-corrected chi connectivity index (χ4v) is 0.935. The van der Waals surface area contributed by atoms with Crippen LogP contribution in [-0.2, 0) is 23.7 Å². The summed E-state index contributed by atoms with van der Waals surface area (Å²) in [6.07, 6.45) is 0.928. The zero-order valence-electron chi connectivity index (χ0n) is 11.0. The van der Waals surface area contributed by atoms with Crippen molar-refractivity contribution in [3.63, 3.8) is 0 Å². The number of carbonyl (C=O) groups is 1. The van der Waals surface area contributed by atoms with Crippen LogP contribution in [0.25, 0.3) is 0 Å². The van der Waals surface area contributed by atoms with Crippen LogP contribution in [0.2, 0.25) is 0 Å². The monoisotopic (exact) mass is 276 g/mol. The molecular formula is C12H20O7. The molecule has 0 amide bonds. The zero-order valence-corrected chi connectivity index (χ0v) is 11.0. The van der Waals surface area contributed by atoms with Gasteiger partial charge in [0, 0.05) is 5.57 Å². The molecule has 0 spiro atoms. The second kappa shape index (κ2) is 9.51. The van der Waals surface area contributed by atoms with Gasteiger partial charge in [-0.25, -0.2) is 4.79 Å². The van der Waals surface area contributed by atoms with E-state index in [1.807, 2.05) is 0 Å². The standard InChI is InChI=1S/C12H20O7/c1-4-18-12(15,19-11(14)10(2)3)9-17-8-7-16-6-5-13/h4,13,15H,1-2,5-9H2,3H3. The topological polar surface area (TPSA) is 94.5 Å². The van der Waals surface area contributed by atoms with E-state index in [1.165, 1.54) is 6.92 Å². The Bertz CT molecular complexity index is 302. The van der Waals surface area contributed by atoms with Crippen molar-refractivity contribution in [3.8, 4) is 0 Å². The number of hydrogen-bond acceptors (Lipinski definition) is 7. The van der Waals surface area contributed by atoms with Crippen LogP contribution >= 0.6 is 0 Å². The minimum absolute atomic E-state index is 0.0836. The third-order valence-corrected chi connectivity index (χ3v) is 1.76. The molecule has 19 heavy (non-hydrogen) atoms. The largest absolute Gasteiger partial charge is 0.437 e.